The molecule has 1 aliphatic heterocycles. The lowest BCUT2D eigenvalue weighted by Crippen LogP contribution is -2.63. The quantitative estimate of drug-likeness (QED) is 0.885. The van der Waals surface area contributed by atoms with Gasteiger partial charge in [-0.25, -0.2) is 0 Å². The van der Waals surface area contributed by atoms with Crippen molar-refractivity contribution in [2.75, 3.05) is 31.6 Å². The third kappa shape index (κ3) is 2.77. The van der Waals surface area contributed by atoms with Crippen LogP contribution in [0.2, 0.25) is 0 Å². The Morgan fingerprint density at radius 2 is 2.00 bits per heavy atom. The highest BCUT2D eigenvalue weighted by molar-refractivity contribution is 5.57. The van der Waals surface area contributed by atoms with Crippen molar-refractivity contribution in [3.63, 3.8) is 0 Å². The summed E-state index contributed by atoms with van der Waals surface area (Å²) < 4.78 is 0. The summed E-state index contributed by atoms with van der Waals surface area (Å²) >= 11 is 0. The second kappa shape index (κ2) is 5.14. The van der Waals surface area contributed by atoms with Crippen molar-refractivity contribution < 1.29 is 5.11 Å². The number of aliphatic hydroxyl groups is 1. The van der Waals surface area contributed by atoms with E-state index in [9.17, 15) is 5.11 Å². The van der Waals surface area contributed by atoms with Crippen LogP contribution in [0.5, 0.6) is 0 Å². The molecule has 1 saturated heterocycles. The van der Waals surface area contributed by atoms with Crippen molar-refractivity contribution in [3.05, 3.63) is 29.3 Å². The normalized spacial score (nSPS) is 23.7. The van der Waals surface area contributed by atoms with Gasteiger partial charge in [-0.15, -0.1) is 0 Å². The van der Waals surface area contributed by atoms with E-state index >= 15 is 0 Å². The predicted octanol–water partition coefficient (Wildman–Crippen LogP) is 2.19. The molecule has 1 unspecified atom stereocenters. The minimum Gasteiger partial charge on any atom is -0.395 e. The lowest BCUT2D eigenvalue weighted by Gasteiger charge is -2.51. The number of hydrogen-bond acceptors (Lipinski definition) is 3. The average molecular weight is 262 g/mol. The van der Waals surface area contributed by atoms with Gasteiger partial charge in [-0.05, 0) is 51.9 Å². The molecule has 0 saturated carbocycles. The summed E-state index contributed by atoms with van der Waals surface area (Å²) in [6, 6.07) is 6.82. The Hall–Kier alpha value is -1.06. The molecular weight excluding hydrogens is 236 g/mol. The Balaban J connectivity index is 2.38. The van der Waals surface area contributed by atoms with Crippen LogP contribution in [0.4, 0.5) is 5.69 Å². The van der Waals surface area contributed by atoms with Crippen LogP contribution in [0, 0.1) is 13.8 Å². The molecule has 1 atom stereocenters. The number of aliphatic hydroxyl groups excluding tert-OH is 1. The van der Waals surface area contributed by atoms with Gasteiger partial charge in [0.05, 0.1) is 12.6 Å². The molecule has 19 heavy (non-hydrogen) atoms. The van der Waals surface area contributed by atoms with Gasteiger partial charge in [0.25, 0.3) is 0 Å². The zero-order valence-electron chi connectivity index (χ0n) is 12.8. The molecule has 0 spiro atoms. The first-order valence-corrected chi connectivity index (χ1v) is 7.01. The van der Waals surface area contributed by atoms with Gasteiger partial charge in [0.1, 0.15) is 0 Å². The van der Waals surface area contributed by atoms with E-state index in [1.807, 2.05) is 0 Å². The van der Waals surface area contributed by atoms with Gasteiger partial charge in [0.15, 0.2) is 0 Å². The predicted molar refractivity (Wildman–Crippen MR) is 80.8 cm³/mol. The van der Waals surface area contributed by atoms with Crippen LogP contribution in [0.3, 0.4) is 0 Å². The summed E-state index contributed by atoms with van der Waals surface area (Å²) in [6.07, 6.45) is 0. The number of piperazine rings is 1. The maximum Gasteiger partial charge on any atom is 0.0604 e. The van der Waals surface area contributed by atoms with Crippen molar-refractivity contribution in [2.45, 2.75) is 39.3 Å². The molecule has 0 bridgehead atoms. The highest BCUT2D eigenvalue weighted by Gasteiger charge is 2.37. The molecule has 2 rings (SSSR count). The van der Waals surface area contributed by atoms with Gasteiger partial charge < -0.3 is 10.0 Å². The van der Waals surface area contributed by atoms with E-state index in [1.165, 1.54) is 16.8 Å². The molecular formula is C16H26N2O. The fourth-order valence-electron chi connectivity index (χ4n) is 3.05. The zero-order valence-corrected chi connectivity index (χ0v) is 12.8. The van der Waals surface area contributed by atoms with E-state index in [4.69, 9.17) is 0 Å². The Morgan fingerprint density at radius 3 is 2.63 bits per heavy atom. The fourth-order valence-corrected chi connectivity index (χ4v) is 3.05. The number of likely N-dealkylation sites (N-methyl/N-ethyl adjacent to an activating group) is 1. The summed E-state index contributed by atoms with van der Waals surface area (Å²) in [5.74, 6) is 0. The molecule has 1 aromatic rings. The molecule has 1 N–H and O–H groups in total. The number of nitrogens with zero attached hydrogens (tertiary/aromatic N) is 2. The third-order valence-electron chi connectivity index (χ3n) is 4.25. The van der Waals surface area contributed by atoms with Gasteiger partial charge in [-0.3, -0.25) is 4.90 Å². The van der Waals surface area contributed by atoms with Gasteiger partial charge >= 0.3 is 0 Å². The summed E-state index contributed by atoms with van der Waals surface area (Å²) in [5.41, 5.74) is 3.98. The molecule has 0 aliphatic carbocycles. The van der Waals surface area contributed by atoms with Crippen LogP contribution in [-0.4, -0.2) is 48.3 Å². The smallest absolute Gasteiger partial charge is 0.0604 e. The van der Waals surface area contributed by atoms with Crippen LogP contribution in [0.1, 0.15) is 25.0 Å². The Morgan fingerprint density at radius 1 is 1.32 bits per heavy atom. The highest BCUT2D eigenvalue weighted by Crippen LogP contribution is 2.32. The Bertz CT molecular complexity index is 456. The fraction of sp³-hybridized carbons (Fsp3) is 0.625. The molecule has 1 aliphatic rings. The number of rotatable bonds is 2. The lowest BCUT2D eigenvalue weighted by molar-refractivity contribution is 0.0980. The van der Waals surface area contributed by atoms with Gasteiger partial charge in [0, 0.05) is 24.3 Å². The lowest BCUT2D eigenvalue weighted by atomic mass is 9.93. The number of anilines is 1. The van der Waals surface area contributed by atoms with Crippen molar-refractivity contribution in [2.24, 2.45) is 0 Å². The van der Waals surface area contributed by atoms with Crippen LogP contribution >= 0.6 is 0 Å². The number of benzene rings is 1. The largest absolute Gasteiger partial charge is 0.395 e. The summed E-state index contributed by atoms with van der Waals surface area (Å²) in [7, 11) is 2.10. The van der Waals surface area contributed by atoms with E-state index in [-0.39, 0.29) is 18.2 Å². The molecule has 3 nitrogen and oxygen atoms in total. The molecule has 0 amide bonds. The van der Waals surface area contributed by atoms with Crippen LogP contribution in [0.25, 0.3) is 0 Å². The first kappa shape index (κ1) is 14.4. The summed E-state index contributed by atoms with van der Waals surface area (Å²) in [6.45, 7) is 10.9. The monoisotopic (exact) mass is 262 g/mol. The summed E-state index contributed by atoms with van der Waals surface area (Å²) in [5, 5.41) is 9.55. The molecule has 1 aromatic carbocycles. The van der Waals surface area contributed by atoms with Crippen molar-refractivity contribution in [3.8, 4) is 0 Å². The standard InChI is InChI=1S/C16H26N2O/c1-12-6-7-13(2)15(8-12)18-9-14(10-19)17(5)11-16(18,3)4/h6-8,14,19H,9-11H2,1-5H3. The first-order valence-electron chi connectivity index (χ1n) is 7.01. The van der Waals surface area contributed by atoms with Crippen LogP contribution < -0.4 is 4.90 Å². The molecule has 0 aromatic heterocycles. The van der Waals surface area contributed by atoms with E-state index in [2.05, 4.69) is 62.7 Å². The molecule has 1 heterocycles. The third-order valence-corrected chi connectivity index (χ3v) is 4.25. The van der Waals surface area contributed by atoms with Crippen LogP contribution in [0.15, 0.2) is 18.2 Å². The van der Waals surface area contributed by atoms with Gasteiger partial charge in [-0.2, -0.15) is 0 Å². The van der Waals surface area contributed by atoms with Gasteiger partial charge in [0.2, 0.25) is 0 Å². The van der Waals surface area contributed by atoms with Crippen molar-refractivity contribution >= 4 is 5.69 Å². The second-order valence-electron chi connectivity index (χ2n) is 6.46. The number of aryl methyl sites for hydroxylation is 2. The maximum absolute atomic E-state index is 9.55. The molecule has 106 valence electrons. The van der Waals surface area contributed by atoms with E-state index in [1.54, 1.807) is 0 Å². The molecule has 3 heteroatoms. The van der Waals surface area contributed by atoms with E-state index in [0.717, 1.165) is 13.1 Å². The number of hydrogen-bond donors (Lipinski definition) is 1. The summed E-state index contributed by atoms with van der Waals surface area (Å²) in [4.78, 5) is 4.72. The first-order chi connectivity index (χ1) is 8.85. The van der Waals surface area contributed by atoms with Crippen molar-refractivity contribution in [1.82, 2.24) is 4.90 Å². The average Bonchev–Trinajstić information content (AvgIpc) is 2.32. The van der Waals surface area contributed by atoms with Gasteiger partial charge in [-0.1, -0.05) is 12.1 Å². The Kier molecular flexibility index (Phi) is 3.88. The Labute approximate surface area is 116 Å². The topological polar surface area (TPSA) is 26.7 Å². The zero-order chi connectivity index (χ0) is 14.2. The minimum atomic E-state index is 0.0823. The van der Waals surface area contributed by atoms with E-state index < -0.39 is 0 Å². The SMILES string of the molecule is Cc1ccc(C)c(N2CC(CO)N(C)CC2(C)C)c1. The van der Waals surface area contributed by atoms with Crippen molar-refractivity contribution in [1.29, 1.82) is 0 Å². The van der Waals surface area contributed by atoms with E-state index in [0.29, 0.717) is 0 Å². The molecule has 1 fully saturated rings. The highest BCUT2D eigenvalue weighted by atomic mass is 16.3. The minimum absolute atomic E-state index is 0.0823. The maximum atomic E-state index is 9.55. The van der Waals surface area contributed by atoms with Crippen LogP contribution in [-0.2, 0) is 0 Å². The molecule has 0 radical (unpaired) electrons. The second-order valence-corrected chi connectivity index (χ2v) is 6.46.